The number of aromatic amines is 1. The van der Waals surface area contributed by atoms with E-state index in [1.165, 1.54) is 12.3 Å². The van der Waals surface area contributed by atoms with Crippen molar-refractivity contribution in [3.05, 3.63) is 34.2 Å². The number of pyridine rings is 1. The Morgan fingerprint density at radius 2 is 2.29 bits per heavy atom. The largest absolute Gasteiger partial charge is 0.341 e. The van der Waals surface area contributed by atoms with E-state index >= 15 is 0 Å². The number of hydrogen-bond acceptors (Lipinski definition) is 2. The lowest BCUT2D eigenvalue weighted by Gasteiger charge is -2.34. The summed E-state index contributed by atoms with van der Waals surface area (Å²) in [6.07, 6.45) is 3.74. The number of hydrogen-bond donors (Lipinski definition) is 1. The number of rotatable bonds is 3. The van der Waals surface area contributed by atoms with Gasteiger partial charge in [-0.1, -0.05) is 15.9 Å². The first-order chi connectivity index (χ1) is 8.06. The van der Waals surface area contributed by atoms with Gasteiger partial charge in [0.25, 0.3) is 5.91 Å². The van der Waals surface area contributed by atoms with Crippen molar-refractivity contribution >= 4 is 21.8 Å². The SMILES string of the molecule is CN(CC1CC(Br)C1)C(=O)c1cc[nH]c(=O)c1. The molecule has 92 valence electrons. The number of nitrogens with one attached hydrogen (secondary N) is 1. The minimum absolute atomic E-state index is 0.0888. The van der Waals surface area contributed by atoms with Gasteiger partial charge in [-0.05, 0) is 24.8 Å². The monoisotopic (exact) mass is 298 g/mol. The Hall–Kier alpha value is -1.10. The van der Waals surface area contributed by atoms with Gasteiger partial charge in [0.15, 0.2) is 0 Å². The van der Waals surface area contributed by atoms with Gasteiger partial charge in [-0.25, -0.2) is 0 Å². The third kappa shape index (κ3) is 2.97. The molecule has 2 rings (SSSR count). The Morgan fingerprint density at radius 3 is 2.88 bits per heavy atom. The van der Waals surface area contributed by atoms with Gasteiger partial charge in [-0.2, -0.15) is 0 Å². The van der Waals surface area contributed by atoms with Crippen LogP contribution >= 0.6 is 15.9 Å². The quantitative estimate of drug-likeness (QED) is 0.862. The van der Waals surface area contributed by atoms with Crippen LogP contribution in [0.1, 0.15) is 23.2 Å². The van der Waals surface area contributed by atoms with Crippen LogP contribution in [0.5, 0.6) is 0 Å². The fourth-order valence-corrected chi connectivity index (χ4v) is 3.13. The first kappa shape index (κ1) is 12.4. The van der Waals surface area contributed by atoms with Crippen LogP contribution in [-0.2, 0) is 0 Å². The molecule has 0 bridgehead atoms. The second-order valence-electron chi connectivity index (χ2n) is 4.56. The van der Waals surface area contributed by atoms with E-state index in [-0.39, 0.29) is 11.5 Å². The predicted molar refractivity (Wildman–Crippen MR) is 69.5 cm³/mol. The van der Waals surface area contributed by atoms with Crippen molar-refractivity contribution in [2.45, 2.75) is 17.7 Å². The van der Waals surface area contributed by atoms with Gasteiger partial charge >= 0.3 is 0 Å². The van der Waals surface area contributed by atoms with E-state index in [2.05, 4.69) is 20.9 Å². The summed E-state index contributed by atoms with van der Waals surface area (Å²) in [5, 5.41) is 0. The molecule has 0 aliphatic heterocycles. The Bertz CT molecular complexity index is 466. The minimum Gasteiger partial charge on any atom is -0.341 e. The molecule has 1 aromatic heterocycles. The van der Waals surface area contributed by atoms with Crippen LogP contribution in [0, 0.1) is 5.92 Å². The fourth-order valence-electron chi connectivity index (χ4n) is 2.07. The molecule has 1 fully saturated rings. The first-order valence-electron chi connectivity index (χ1n) is 5.64. The Balaban J connectivity index is 1.97. The lowest BCUT2D eigenvalue weighted by molar-refractivity contribution is 0.0748. The number of carbonyl (C=O) groups is 1. The molecule has 0 spiro atoms. The van der Waals surface area contributed by atoms with E-state index in [9.17, 15) is 9.59 Å². The first-order valence-corrected chi connectivity index (χ1v) is 6.56. The molecular formula is C12H15BrN2O2. The highest BCUT2D eigenvalue weighted by atomic mass is 79.9. The predicted octanol–water partition coefficient (Wildman–Crippen LogP) is 1.62. The zero-order valence-corrected chi connectivity index (χ0v) is 11.2. The highest BCUT2D eigenvalue weighted by Gasteiger charge is 2.28. The van der Waals surface area contributed by atoms with E-state index in [0.29, 0.717) is 16.3 Å². The molecule has 17 heavy (non-hydrogen) atoms. The molecule has 1 aliphatic rings. The molecule has 1 saturated carbocycles. The number of aromatic nitrogens is 1. The lowest BCUT2D eigenvalue weighted by atomic mass is 9.85. The summed E-state index contributed by atoms with van der Waals surface area (Å²) in [6, 6.07) is 2.97. The molecule has 0 atom stereocenters. The maximum absolute atomic E-state index is 12.0. The third-order valence-corrected chi connectivity index (χ3v) is 3.83. The van der Waals surface area contributed by atoms with Gasteiger partial charge in [-0.15, -0.1) is 0 Å². The van der Waals surface area contributed by atoms with E-state index in [0.717, 1.165) is 19.4 Å². The zero-order chi connectivity index (χ0) is 12.4. The van der Waals surface area contributed by atoms with Gasteiger partial charge in [0.1, 0.15) is 0 Å². The second kappa shape index (κ2) is 5.04. The number of alkyl halides is 1. The van der Waals surface area contributed by atoms with Crippen molar-refractivity contribution in [2.24, 2.45) is 5.92 Å². The molecule has 0 radical (unpaired) electrons. The second-order valence-corrected chi connectivity index (χ2v) is 5.86. The van der Waals surface area contributed by atoms with Gasteiger partial charge in [0, 0.05) is 36.2 Å². The molecule has 5 heteroatoms. The smallest absolute Gasteiger partial charge is 0.253 e. The summed E-state index contributed by atoms with van der Waals surface area (Å²) in [7, 11) is 1.78. The van der Waals surface area contributed by atoms with Crippen molar-refractivity contribution in [2.75, 3.05) is 13.6 Å². The van der Waals surface area contributed by atoms with Crippen molar-refractivity contribution in [1.29, 1.82) is 0 Å². The van der Waals surface area contributed by atoms with Gasteiger partial charge in [0.05, 0.1) is 0 Å². The highest BCUT2D eigenvalue weighted by Crippen LogP contribution is 2.33. The highest BCUT2D eigenvalue weighted by molar-refractivity contribution is 9.09. The molecular weight excluding hydrogens is 284 g/mol. The van der Waals surface area contributed by atoms with Crippen molar-refractivity contribution in [3.8, 4) is 0 Å². The summed E-state index contributed by atoms with van der Waals surface area (Å²) in [6.45, 7) is 0.758. The Labute approximate surface area is 108 Å². The van der Waals surface area contributed by atoms with Crippen molar-refractivity contribution < 1.29 is 4.79 Å². The standard InChI is InChI=1S/C12H15BrN2O2/c1-15(7-8-4-10(13)5-8)12(17)9-2-3-14-11(16)6-9/h2-3,6,8,10H,4-5,7H2,1H3,(H,14,16). The molecule has 4 nitrogen and oxygen atoms in total. The lowest BCUT2D eigenvalue weighted by Crippen LogP contribution is -2.38. The molecule has 1 heterocycles. The van der Waals surface area contributed by atoms with Crippen LogP contribution in [0.15, 0.2) is 23.1 Å². The van der Waals surface area contributed by atoms with E-state index in [4.69, 9.17) is 0 Å². The number of H-pyrrole nitrogens is 1. The summed E-state index contributed by atoms with van der Waals surface area (Å²) in [5.41, 5.74) is 0.208. The van der Waals surface area contributed by atoms with Crippen LogP contribution in [0.25, 0.3) is 0 Å². The van der Waals surface area contributed by atoms with Gasteiger partial charge in [-0.3, -0.25) is 9.59 Å². The van der Waals surface area contributed by atoms with Crippen LogP contribution in [-0.4, -0.2) is 34.2 Å². The number of amides is 1. The van der Waals surface area contributed by atoms with Crippen LogP contribution in [0.2, 0.25) is 0 Å². The molecule has 0 saturated heterocycles. The van der Waals surface area contributed by atoms with Crippen LogP contribution < -0.4 is 5.56 Å². The molecule has 0 aromatic carbocycles. The Kier molecular flexibility index (Phi) is 3.66. The topological polar surface area (TPSA) is 53.2 Å². The van der Waals surface area contributed by atoms with Gasteiger partial charge < -0.3 is 9.88 Å². The summed E-state index contributed by atoms with van der Waals surface area (Å²) < 4.78 is 0. The summed E-state index contributed by atoms with van der Waals surface area (Å²) in [5.74, 6) is 0.490. The summed E-state index contributed by atoms with van der Waals surface area (Å²) in [4.78, 5) is 27.9. The molecule has 0 unspecified atom stereocenters. The van der Waals surface area contributed by atoms with Crippen LogP contribution in [0.3, 0.4) is 0 Å². The molecule has 1 N–H and O–H groups in total. The van der Waals surface area contributed by atoms with E-state index in [1.54, 1.807) is 18.0 Å². The summed E-state index contributed by atoms with van der Waals surface area (Å²) >= 11 is 3.53. The van der Waals surface area contributed by atoms with Gasteiger partial charge in [0.2, 0.25) is 5.56 Å². The fraction of sp³-hybridized carbons (Fsp3) is 0.500. The normalized spacial score (nSPS) is 22.9. The van der Waals surface area contributed by atoms with E-state index < -0.39 is 0 Å². The minimum atomic E-state index is -0.242. The van der Waals surface area contributed by atoms with Crippen molar-refractivity contribution in [3.63, 3.8) is 0 Å². The Morgan fingerprint density at radius 1 is 1.59 bits per heavy atom. The molecule has 1 aliphatic carbocycles. The average Bonchev–Trinajstić information content (AvgIpc) is 2.26. The molecule has 1 aromatic rings. The van der Waals surface area contributed by atoms with Crippen LogP contribution in [0.4, 0.5) is 0 Å². The van der Waals surface area contributed by atoms with E-state index in [1.807, 2.05) is 0 Å². The molecule has 1 amide bonds. The average molecular weight is 299 g/mol. The zero-order valence-electron chi connectivity index (χ0n) is 9.65. The number of halogens is 1. The number of carbonyl (C=O) groups excluding carboxylic acids is 1. The maximum atomic E-state index is 12.0. The number of nitrogens with zero attached hydrogens (tertiary/aromatic N) is 1. The maximum Gasteiger partial charge on any atom is 0.253 e. The van der Waals surface area contributed by atoms with Crippen molar-refractivity contribution in [1.82, 2.24) is 9.88 Å². The third-order valence-electron chi connectivity index (χ3n) is 3.08.